The standard InChI is InChI=1S/C21H21FN2O3/c1-13(2)12-23-20(25)17-18(14-8-10-15(22)11-9-14)24(27-19(17)21(23)26)16-6-4-3-5-7-16/h3-11,13,17-19H,12H2,1-2H3/t17-,18-,19-/m0/s1. The number of likely N-dealkylation sites (tertiary alicyclic amines) is 1. The van der Waals surface area contributed by atoms with Gasteiger partial charge in [-0.2, -0.15) is 0 Å². The van der Waals surface area contributed by atoms with Gasteiger partial charge in [-0.1, -0.05) is 44.2 Å². The van der Waals surface area contributed by atoms with Crippen molar-refractivity contribution in [2.45, 2.75) is 26.0 Å². The number of halogens is 1. The molecule has 0 radical (unpaired) electrons. The molecule has 4 rings (SSSR count). The Bertz CT molecular complexity index is 853. The Morgan fingerprint density at radius 3 is 2.30 bits per heavy atom. The minimum atomic E-state index is -0.855. The maximum Gasteiger partial charge on any atom is 0.262 e. The molecule has 0 spiro atoms. The van der Waals surface area contributed by atoms with Gasteiger partial charge in [0.2, 0.25) is 5.91 Å². The van der Waals surface area contributed by atoms with Crippen LogP contribution in [0.15, 0.2) is 54.6 Å². The Hall–Kier alpha value is -2.73. The minimum absolute atomic E-state index is 0.172. The topological polar surface area (TPSA) is 49.9 Å². The summed E-state index contributed by atoms with van der Waals surface area (Å²) in [6.07, 6.45) is -0.855. The summed E-state index contributed by atoms with van der Waals surface area (Å²) >= 11 is 0. The Morgan fingerprint density at radius 2 is 1.67 bits per heavy atom. The molecule has 0 N–H and O–H groups in total. The molecule has 2 aliphatic heterocycles. The first-order chi connectivity index (χ1) is 13.0. The first-order valence-corrected chi connectivity index (χ1v) is 9.09. The number of fused-ring (bicyclic) bond motifs is 1. The van der Waals surface area contributed by atoms with Gasteiger partial charge in [0.25, 0.3) is 5.91 Å². The second-order valence-corrected chi connectivity index (χ2v) is 7.39. The van der Waals surface area contributed by atoms with Gasteiger partial charge in [-0.25, -0.2) is 9.45 Å². The van der Waals surface area contributed by atoms with Crippen LogP contribution in [0.2, 0.25) is 0 Å². The first-order valence-electron chi connectivity index (χ1n) is 9.09. The number of hydrogen-bond donors (Lipinski definition) is 0. The van der Waals surface area contributed by atoms with Crippen LogP contribution in [0, 0.1) is 17.7 Å². The monoisotopic (exact) mass is 368 g/mol. The molecule has 0 saturated carbocycles. The van der Waals surface area contributed by atoms with Crippen LogP contribution in [0.3, 0.4) is 0 Å². The predicted molar refractivity (Wildman–Crippen MR) is 98.0 cm³/mol. The van der Waals surface area contributed by atoms with Gasteiger partial charge < -0.3 is 0 Å². The average Bonchev–Trinajstić information content (AvgIpc) is 3.15. The molecule has 2 fully saturated rings. The third-order valence-corrected chi connectivity index (χ3v) is 4.98. The number of hydroxylamine groups is 1. The van der Waals surface area contributed by atoms with Gasteiger partial charge in [-0.15, -0.1) is 0 Å². The highest BCUT2D eigenvalue weighted by molar-refractivity contribution is 6.07. The number of para-hydroxylation sites is 1. The zero-order valence-electron chi connectivity index (χ0n) is 15.2. The van der Waals surface area contributed by atoms with E-state index >= 15 is 0 Å². The van der Waals surface area contributed by atoms with Crippen LogP contribution in [0.5, 0.6) is 0 Å². The molecule has 140 valence electrons. The van der Waals surface area contributed by atoms with E-state index in [1.807, 2.05) is 44.2 Å². The Balaban J connectivity index is 1.76. The van der Waals surface area contributed by atoms with Gasteiger partial charge in [-0.05, 0) is 35.7 Å². The third kappa shape index (κ3) is 3.00. The van der Waals surface area contributed by atoms with Crippen molar-refractivity contribution in [3.63, 3.8) is 0 Å². The molecule has 6 heteroatoms. The fraction of sp³-hybridized carbons (Fsp3) is 0.333. The second kappa shape index (κ2) is 6.78. The van der Waals surface area contributed by atoms with E-state index in [-0.39, 0.29) is 23.5 Å². The number of rotatable bonds is 4. The van der Waals surface area contributed by atoms with Crippen molar-refractivity contribution >= 4 is 17.5 Å². The number of benzene rings is 2. The molecule has 0 unspecified atom stereocenters. The number of nitrogens with zero attached hydrogens (tertiary/aromatic N) is 2. The van der Waals surface area contributed by atoms with E-state index in [4.69, 9.17) is 4.84 Å². The van der Waals surface area contributed by atoms with Crippen LogP contribution < -0.4 is 5.06 Å². The fourth-order valence-electron chi connectivity index (χ4n) is 3.81. The van der Waals surface area contributed by atoms with Gasteiger partial charge in [0.05, 0.1) is 11.7 Å². The molecular formula is C21H21FN2O3. The molecular weight excluding hydrogens is 347 g/mol. The van der Waals surface area contributed by atoms with E-state index in [1.54, 1.807) is 17.2 Å². The van der Waals surface area contributed by atoms with Crippen LogP contribution in [0.25, 0.3) is 0 Å². The smallest absolute Gasteiger partial charge is 0.262 e. The third-order valence-electron chi connectivity index (χ3n) is 4.98. The molecule has 0 aromatic heterocycles. The van der Waals surface area contributed by atoms with E-state index < -0.39 is 18.1 Å². The normalized spacial score (nSPS) is 24.8. The highest BCUT2D eigenvalue weighted by atomic mass is 19.1. The predicted octanol–water partition coefficient (Wildman–Crippen LogP) is 3.33. The average molecular weight is 368 g/mol. The van der Waals surface area contributed by atoms with E-state index in [0.717, 1.165) is 11.3 Å². The zero-order chi connectivity index (χ0) is 19.1. The molecule has 3 atom stereocenters. The number of amides is 2. The fourth-order valence-corrected chi connectivity index (χ4v) is 3.81. The summed E-state index contributed by atoms with van der Waals surface area (Å²) < 4.78 is 13.4. The molecule has 2 aliphatic rings. The molecule has 5 nitrogen and oxygen atoms in total. The number of imide groups is 1. The molecule has 27 heavy (non-hydrogen) atoms. The van der Waals surface area contributed by atoms with Crippen LogP contribution in [0.1, 0.15) is 25.5 Å². The van der Waals surface area contributed by atoms with E-state index in [0.29, 0.717) is 6.54 Å². The lowest BCUT2D eigenvalue weighted by Gasteiger charge is -2.29. The lowest BCUT2D eigenvalue weighted by Crippen LogP contribution is -2.39. The summed E-state index contributed by atoms with van der Waals surface area (Å²) in [5.41, 5.74) is 1.48. The van der Waals surface area contributed by atoms with Crippen molar-refractivity contribution < 1.29 is 18.8 Å². The molecule has 2 heterocycles. The van der Waals surface area contributed by atoms with Gasteiger partial charge in [0, 0.05) is 6.54 Å². The van der Waals surface area contributed by atoms with Crippen molar-refractivity contribution in [1.29, 1.82) is 0 Å². The van der Waals surface area contributed by atoms with Crippen molar-refractivity contribution in [3.8, 4) is 0 Å². The maximum absolute atomic E-state index is 13.4. The summed E-state index contributed by atoms with van der Waals surface area (Å²) in [6, 6.07) is 14.8. The van der Waals surface area contributed by atoms with Crippen molar-refractivity contribution in [2.75, 3.05) is 11.6 Å². The Morgan fingerprint density at radius 1 is 1.00 bits per heavy atom. The molecule has 2 amide bonds. The molecule has 0 bridgehead atoms. The molecule has 0 aliphatic carbocycles. The quantitative estimate of drug-likeness (QED) is 0.777. The molecule has 2 saturated heterocycles. The molecule has 2 aromatic carbocycles. The minimum Gasteiger partial charge on any atom is -0.280 e. The van der Waals surface area contributed by atoms with Crippen molar-refractivity contribution in [1.82, 2.24) is 4.90 Å². The largest absolute Gasteiger partial charge is 0.280 e. The lowest BCUT2D eigenvalue weighted by atomic mass is 9.90. The van der Waals surface area contributed by atoms with Crippen molar-refractivity contribution in [2.24, 2.45) is 11.8 Å². The van der Waals surface area contributed by atoms with Gasteiger partial charge >= 0.3 is 0 Å². The van der Waals surface area contributed by atoms with Crippen LogP contribution in [-0.4, -0.2) is 29.4 Å². The summed E-state index contributed by atoms with van der Waals surface area (Å²) in [7, 11) is 0. The van der Waals surface area contributed by atoms with E-state index in [2.05, 4.69) is 0 Å². The van der Waals surface area contributed by atoms with Crippen molar-refractivity contribution in [3.05, 3.63) is 66.0 Å². The van der Waals surface area contributed by atoms with Crippen LogP contribution >= 0.6 is 0 Å². The highest BCUT2D eigenvalue weighted by Crippen LogP contribution is 2.46. The lowest BCUT2D eigenvalue weighted by molar-refractivity contribution is -0.143. The number of carbonyl (C=O) groups is 2. The number of anilines is 1. The maximum atomic E-state index is 13.4. The Labute approximate surface area is 157 Å². The van der Waals surface area contributed by atoms with Gasteiger partial charge in [0.1, 0.15) is 11.7 Å². The van der Waals surface area contributed by atoms with E-state index in [9.17, 15) is 14.0 Å². The summed E-state index contributed by atoms with van der Waals surface area (Å²) in [4.78, 5) is 33.2. The zero-order valence-corrected chi connectivity index (χ0v) is 15.2. The first kappa shape index (κ1) is 17.7. The van der Waals surface area contributed by atoms with Crippen LogP contribution in [0.4, 0.5) is 10.1 Å². The SMILES string of the molecule is CC(C)CN1C(=O)[C@@H]2[C@H](ON(c3ccccc3)[C@H]2c2ccc(F)cc2)C1=O. The molecule has 2 aromatic rings. The Kier molecular flexibility index (Phi) is 4.44. The van der Waals surface area contributed by atoms with E-state index in [1.165, 1.54) is 17.0 Å². The number of hydrogen-bond acceptors (Lipinski definition) is 4. The van der Waals surface area contributed by atoms with Crippen LogP contribution in [-0.2, 0) is 14.4 Å². The second-order valence-electron chi connectivity index (χ2n) is 7.39. The van der Waals surface area contributed by atoms with Gasteiger partial charge in [0.15, 0.2) is 6.10 Å². The summed E-state index contributed by atoms with van der Waals surface area (Å²) in [5, 5.41) is 1.62. The number of carbonyl (C=O) groups excluding carboxylic acids is 2. The summed E-state index contributed by atoms with van der Waals surface area (Å²) in [6.45, 7) is 4.29. The summed E-state index contributed by atoms with van der Waals surface area (Å²) in [5.74, 6) is -1.36. The van der Waals surface area contributed by atoms with Gasteiger partial charge in [-0.3, -0.25) is 19.3 Å². The highest BCUT2D eigenvalue weighted by Gasteiger charge is 2.59.